The first-order valence-corrected chi connectivity index (χ1v) is 12.7. The number of carbonyl (C=O) groups is 3. The molecular formula is C24H32N4O5S. The number of esters is 1. The Balaban J connectivity index is 1.46. The molecule has 2 amide bonds. The van der Waals surface area contributed by atoms with Crippen molar-refractivity contribution in [1.29, 1.82) is 0 Å². The first-order chi connectivity index (χ1) is 16.5. The van der Waals surface area contributed by atoms with Crippen LogP contribution in [0.5, 0.6) is 0 Å². The Morgan fingerprint density at radius 2 is 1.88 bits per heavy atom. The van der Waals surface area contributed by atoms with Gasteiger partial charge in [0, 0.05) is 44.5 Å². The van der Waals surface area contributed by atoms with Gasteiger partial charge in [0.2, 0.25) is 5.91 Å². The Bertz CT molecular complexity index is 1040. The van der Waals surface area contributed by atoms with E-state index in [1.165, 1.54) is 31.3 Å². The summed E-state index contributed by atoms with van der Waals surface area (Å²) in [6.07, 6.45) is 4.73. The second kappa shape index (κ2) is 11.1. The zero-order chi connectivity index (χ0) is 24.1. The molecule has 184 valence electrons. The third kappa shape index (κ3) is 5.67. The number of aromatic nitrogens is 1. The average Bonchev–Trinajstić information content (AvgIpc) is 3.47. The van der Waals surface area contributed by atoms with E-state index in [1.54, 1.807) is 11.8 Å². The van der Waals surface area contributed by atoms with Crippen LogP contribution in [0.3, 0.4) is 0 Å². The monoisotopic (exact) mass is 488 g/mol. The molecule has 0 bridgehead atoms. The Morgan fingerprint density at radius 1 is 1.15 bits per heavy atom. The largest absolute Gasteiger partial charge is 0.465 e. The van der Waals surface area contributed by atoms with Gasteiger partial charge in [0.1, 0.15) is 9.71 Å². The van der Waals surface area contributed by atoms with Crippen LogP contribution in [-0.4, -0.2) is 72.6 Å². The van der Waals surface area contributed by atoms with Gasteiger partial charge in [-0.15, -0.1) is 11.3 Å². The predicted octanol–water partition coefficient (Wildman–Crippen LogP) is 3.88. The third-order valence-corrected chi connectivity index (χ3v) is 7.56. The predicted molar refractivity (Wildman–Crippen MR) is 130 cm³/mol. The molecule has 0 spiro atoms. The van der Waals surface area contributed by atoms with Gasteiger partial charge in [-0.05, 0) is 37.8 Å². The van der Waals surface area contributed by atoms with Crippen LogP contribution in [0.1, 0.15) is 54.4 Å². The standard InChI is InChI=1S/C24H32N4O5S/c1-3-33-24(31)28-12-10-27(11-13-28)15-17-8-9-18-20(21(23(30)32-2)34-22(18)25-17)26-19(29)14-16-6-4-5-7-16/h8-9,16H,3-7,10-15H2,1-2H3,(H,26,29). The van der Waals surface area contributed by atoms with Gasteiger partial charge in [-0.2, -0.15) is 0 Å². The van der Waals surface area contributed by atoms with Crippen molar-refractivity contribution in [3.63, 3.8) is 0 Å². The number of anilines is 1. The van der Waals surface area contributed by atoms with E-state index in [0.29, 0.717) is 54.0 Å². The lowest BCUT2D eigenvalue weighted by Gasteiger charge is -2.33. The lowest BCUT2D eigenvalue weighted by molar-refractivity contribution is -0.117. The van der Waals surface area contributed by atoms with Gasteiger partial charge in [0.15, 0.2) is 0 Å². The van der Waals surface area contributed by atoms with Crippen molar-refractivity contribution in [2.24, 2.45) is 5.92 Å². The van der Waals surface area contributed by atoms with Crippen molar-refractivity contribution >= 4 is 45.2 Å². The molecule has 1 aliphatic heterocycles. The number of rotatable bonds is 7. The molecular weight excluding hydrogens is 456 g/mol. The summed E-state index contributed by atoms with van der Waals surface area (Å²) in [5.74, 6) is -0.128. The van der Waals surface area contributed by atoms with Crippen molar-refractivity contribution in [3.05, 3.63) is 22.7 Å². The number of amides is 2. The van der Waals surface area contributed by atoms with Gasteiger partial charge < -0.3 is 19.7 Å². The topological polar surface area (TPSA) is 101 Å². The lowest BCUT2D eigenvalue weighted by Crippen LogP contribution is -2.48. The molecule has 2 aromatic rings. The number of hydrogen-bond acceptors (Lipinski definition) is 8. The number of hydrogen-bond donors (Lipinski definition) is 1. The van der Waals surface area contributed by atoms with Crippen molar-refractivity contribution in [1.82, 2.24) is 14.8 Å². The highest BCUT2D eigenvalue weighted by Crippen LogP contribution is 2.36. The zero-order valence-electron chi connectivity index (χ0n) is 19.8. The van der Waals surface area contributed by atoms with Gasteiger partial charge in [-0.3, -0.25) is 9.69 Å². The fraction of sp³-hybridized carbons (Fsp3) is 0.583. The number of nitrogens with zero attached hydrogens (tertiary/aromatic N) is 3. The minimum Gasteiger partial charge on any atom is -0.465 e. The maximum atomic E-state index is 12.7. The van der Waals surface area contributed by atoms with Crippen LogP contribution >= 0.6 is 11.3 Å². The normalized spacial score (nSPS) is 17.2. The smallest absolute Gasteiger partial charge is 0.409 e. The number of piperazine rings is 1. The van der Waals surface area contributed by atoms with E-state index >= 15 is 0 Å². The van der Waals surface area contributed by atoms with E-state index < -0.39 is 5.97 Å². The summed E-state index contributed by atoms with van der Waals surface area (Å²) in [5, 5.41) is 3.72. The van der Waals surface area contributed by atoms with E-state index in [-0.39, 0.29) is 12.0 Å². The second-order valence-electron chi connectivity index (χ2n) is 8.82. The van der Waals surface area contributed by atoms with Crippen LogP contribution in [0.15, 0.2) is 12.1 Å². The van der Waals surface area contributed by atoms with Crippen molar-refractivity contribution < 1.29 is 23.9 Å². The highest BCUT2D eigenvalue weighted by atomic mass is 32.1. The van der Waals surface area contributed by atoms with Crippen LogP contribution in [0.2, 0.25) is 0 Å². The highest BCUT2D eigenvalue weighted by Gasteiger charge is 2.25. The van der Waals surface area contributed by atoms with E-state index in [9.17, 15) is 14.4 Å². The maximum Gasteiger partial charge on any atom is 0.409 e. The Labute approximate surface area is 203 Å². The zero-order valence-corrected chi connectivity index (χ0v) is 20.6. The van der Waals surface area contributed by atoms with Crippen molar-refractivity contribution in [3.8, 4) is 0 Å². The van der Waals surface area contributed by atoms with Crippen molar-refractivity contribution in [2.75, 3.05) is 45.2 Å². The Kier molecular flexibility index (Phi) is 7.99. The fourth-order valence-electron chi connectivity index (χ4n) is 4.66. The minimum absolute atomic E-state index is 0.0692. The van der Waals surface area contributed by atoms with E-state index in [4.69, 9.17) is 14.5 Å². The van der Waals surface area contributed by atoms with Gasteiger partial charge in [-0.25, -0.2) is 14.6 Å². The number of pyridine rings is 1. The summed E-state index contributed by atoms with van der Waals surface area (Å²) in [6.45, 7) is 5.52. The molecule has 2 fully saturated rings. The second-order valence-corrected chi connectivity index (χ2v) is 9.82. The Morgan fingerprint density at radius 3 is 2.56 bits per heavy atom. The van der Waals surface area contributed by atoms with Gasteiger partial charge >= 0.3 is 12.1 Å². The summed E-state index contributed by atoms with van der Waals surface area (Å²) < 4.78 is 10.0. The average molecular weight is 489 g/mol. The molecule has 0 aromatic carbocycles. The van der Waals surface area contributed by atoms with Gasteiger partial charge in [0.25, 0.3) is 0 Å². The molecule has 0 radical (unpaired) electrons. The summed E-state index contributed by atoms with van der Waals surface area (Å²) in [4.78, 5) is 46.8. The molecule has 0 atom stereocenters. The first kappa shape index (κ1) is 24.4. The number of fused-ring (bicyclic) bond motifs is 1. The molecule has 0 unspecified atom stereocenters. The van der Waals surface area contributed by atoms with Crippen LogP contribution < -0.4 is 5.32 Å². The van der Waals surface area contributed by atoms with Crippen LogP contribution in [0.25, 0.3) is 10.2 Å². The fourth-order valence-corrected chi connectivity index (χ4v) is 5.73. The van der Waals surface area contributed by atoms with Crippen molar-refractivity contribution in [2.45, 2.75) is 45.6 Å². The lowest BCUT2D eigenvalue weighted by atomic mass is 10.0. The van der Waals surface area contributed by atoms with E-state index in [1.807, 2.05) is 12.1 Å². The molecule has 1 N–H and O–H groups in total. The molecule has 1 aliphatic carbocycles. The molecule has 34 heavy (non-hydrogen) atoms. The molecule has 3 heterocycles. The molecule has 10 heteroatoms. The summed E-state index contributed by atoms with van der Waals surface area (Å²) in [7, 11) is 1.34. The number of nitrogens with one attached hydrogen (secondary N) is 1. The van der Waals surface area contributed by atoms with Crippen LogP contribution in [0, 0.1) is 5.92 Å². The number of methoxy groups -OCH3 is 1. The number of ether oxygens (including phenoxy) is 2. The maximum absolute atomic E-state index is 12.7. The highest BCUT2D eigenvalue weighted by molar-refractivity contribution is 7.21. The number of carbonyl (C=O) groups excluding carboxylic acids is 3. The quantitative estimate of drug-likeness (QED) is 0.590. The molecule has 1 saturated heterocycles. The first-order valence-electron chi connectivity index (χ1n) is 11.9. The summed E-state index contributed by atoms with van der Waals surface area (Å²) in [5.41, 5.74) is 1.37. The molecule has 2 aliphatic rings. The molecule has 9 nitrogen and oxygen atoms in total. The minimum atomic E-state index is -0.476. The van der Waals surface area contributed by atoms with Gasteiger partial charge in [-0.1, -0.05) is 12.8 Å². The molecule has 4 rings (SSSR count). The SMILES string of the molecule is CCOC(=O)N1CCN(Cc2ccc3c(NC(=O)CC4CCCC4)c(C(=O)OC)sc3n2)CC1. The molecule has 2 aromatic heterocycles. The van der Waals surface area contributed by atoms with Crippen LogP contribution in [0.4, 0.5) is 10.5 Å². The number of thiophene rings is 1. The van der Waals surface area contributed by atoms with Crippen LogP contribution in [-0.2, 0) is 20.8 Å². The third-order valence-electron chi connectivity index (χ3n) is 6.48. The van der Waals surface area contributed by atoms with E-state index in [0.717, 1.165) is 37.0 Å². The molecule has 1 saturated carbocycles. The summed E-state index contributed by atoms with van der Waals surface area (Å²) in [6, 6.07) is 3.85. The van der Waals surface area contributed by atoms with E-state index in [2.05, 4.69) is 10.2 Å². The van der Waals surface area contributed by atoms with Gasteiger partial charge in [0.05, 0.1) is 25.1 Å². The summed E-state index contributed by atoms with van der Waals surface area (Å²) >= 11 is 1.24. The Hall–Kier alpha value is -2.72.